The Labute approximate surface area is 334 Å². The summed E-state index contributed by atoms with van der Waals surface area (Å²) in [5.41, 5.74) is 21.2. The summed E-state index contributed by atoms with van der Waals surface area (Å²) in [5, 5.41) is 0. The largest absolute Gasteiger partial charge is 0.493 e. The SMILES string of the molecule is CCCCCCCCCCCCCCCCCCCCCCCC=CCCc1ccccc1C1=C(C)C(CCCC)=C(c2ccc(CCCC)cc2)[N+]1=[N-]. The van der Waals surface area contributed by atoms with Crippen molar-refractivity contribution >= 4 is 11.4 Å². The average molecular weight is 735 g/mol. The first-order chi connectivity index (χ1) is 26.6. The van der Waals surface area contributed by atoms with Crippen molar-refractivity contribution in [3.05, 3.63) is 99.6 Å². The van der Waals surface area contributed by atoms with Gasteiger partial charge in [0, 0.05) is 22.3 Å². The standard InChI is InChI=1S/C52H82N2/c1-5-8-11-12-13-14-15-16-17-18-19-20-21-22-23-24-25-26-27-28-29-30-31-32-33-37-47-38-34-35-40-50(47)51-45(4)49(39-10-7-3)52(54(51)53)48-43-41-46(42-44-48)36-9-6-2/h31-32,34-35,38,40-44H,5-30,33,36-37,39H2,1-4H3. The number of rotatable bonds is 33. The second kappa shape index (κ2) is 29.5. The minimum atomic E-state index is 0.963. The summed E-state index contributed by atoms with van der Waals surface area (Å²) in [6, 6.07) is 17.7. The van der Waals surface area contributed by atoms with Crippen LogP contribution >= 0.6 is 0 Å². The van der Waals surface area contributed by atoms with E-state index in [0.717, 1.165) is 55.5 Å². The Morgan fingerprint density at radius 1 is 0.463 bits per heavy atom. The lowest BCUT2D eigenvalue weighted by molar-refractivity contribution is -0.345. The first-order valence-electron chi connectivity index (χ1n) is 23.4. The highest BCUT2D eigenvalue weighted by atomic mass is 15.2. The molecule has 2 aromatic rings. The van der Waals surface area contributed by atoms with Gasteiger partial charge in [0.25, 0.3) is 0 Å². The van der Waals surface area contributed by atoms with E-state index >= 15 is 0 Å². The van der Waals surface area contributed by atoms with Crippen molar-refractivity contribution in [1.29, 1.82) is 0 Å². The van der Waals surface area contributed by atoms with Crippen LogP contribution in [0.1, 0.15) is 230 Å². The van der Waals surface area contributed by atoms with Gasteiger partial charge in [-0.3, -0.25) is 0 Å². The fraction of sp³-hybridized carbons (Fsp3) is 0.654. The number of hydrogen-bond acceptors (Lipinski definition) is 0. The molecule has 0 atom stereocenters. The van der Waals surface area contributed by atoms with Crippen molar-refractivity contribution in [2.45, 2.75) is 220 Å². The fourth-order valence-corrected chi connectivity index (χ4v) is 8.34. The molecule has 0 saturated carbocycles. The molecule has 0 spiro atoms. The number of benzene rings is 2. The minimum Gasteiger partial charge on any atom is -0.493 e. The van der Waals surface area contributed by atoms with Crippen LogP contribution < -0.4 is 0 Å². The molecule has 54 heavy (non-hydrogen) atoms. The zero-order valence-electron chi connectivity index (χ0n) is 35.9. The Balaban J connectivity index is 1.28. The predicted octanol–water partition coefficient (Wildman–Crippen LogP) is 17.5. The molecule has 1 aliphatic heterocycles. The first kappa shape index (κ1) is 45.6. The fourth-order valence-electron chi connectivity index (χ4n) is 8.34. The summed E-state index contributed by atoms with van der Waals surface area (Å²) in [5.74, 6) is 0. The Kier molecular flexibility index (Phi) is 25.0. The van der Waals surface area contributed by atoms with Crippen LogP contribution in [0.5, 0.6) is 0 Å². The Morgan fingerprint density at radius 3 is 1.46 bits per heavy atom. The van der Waals surface area contributed by atoms with E-state index < -0.39 is 0 Å². The van der Waals surface area contributed by atoms with E-state index in [-0.39, 0.29) is 0 Å². The van der Waals surface area contributed by atoms with Crippen molar-refractivity contribution in [3.63, 3.8) is 0 Å². The molecule has 0 aliphatic carbocycles. The highest BCUT2D eigenvalue weighted by molar-refractivity contribution is 5.82. The van der Waals surface area contributed by atoms with Crippen LogP contribution in [0.25, 0.3) is 16.9 Å². The summed E-state index contributed by atoms with van der Waals surface area (Å²) in [6.45, 7) is 9.01. The smallest absolute Gasteiger partial charge is 0.211 e. The van der Waals surface area contributed by atoms with E-state index in [2.05, 4.69) is 88.4 Å². The van der Waals surface area contributed by atoms with Crippen molar-refractivity contribution in [2.75, 3.05) is 0 Å². The lowest BCUT2D eigenvalue weighted by atomic mass is 9.94. The van der Waals surface area contributed by atoms with Crippen LogP contribution in [0.2, 0.25) is 0 Å². The zero-order valence-corrected chi connectivity index (χ0v) is 35.9. The Hall–Kier alpha value is -2.74. The maximum absolute atomic E-state index is 11.8. The van der Waals surface area contributed by atoms with Crippen LogP contribution in [0.3, 0.4) is 0 Å². The Bertz CT molecular complexity index is 1370. The van der Waals surface area contributed by atoms with Gasteiger partial charge in [0.15, 0.2) is 0 Å². The van der Waals surface area contributed by atoms with Crippen molar-refractivity contribution < 1.29 is 4.70 Å². The monoisotopic (exact) mass is 735 g/mol. The van der Waals surface area contributed by atoms with Crippen LogP contribution in [-0.4, -0.2) is 4.70 Å². The molecule has 0 bridgehead atoms. The molecule has 0 unspecified atom stereocenters. The zero-order chi connectivity index (χ0) is 38.5. The molecule has 0 fully saturated rings. The summed E-state index contributed by atoms with van der Waals surface area (Å²) in [6.07, 6.45) is 45.0. The van der Waals surface area contributed by atoms with E-state index in [1.165, 1.54) is 187 Å². The van der Waals surface area contributed by atoms with E-state index in [9.17, 15) is 5.53 Å². The number of hydrogen-bond donors (Lipinski definition) is 0. The van der Waals surface area contributed by atoms with Crippen molar-refractivity contribution in [2.24, 2.45) is 0 Å². The van der Waals surface area contributed by atoms with E-state index in [1.807, 2.05) is 0 Å². The number of nitrogens with zero attached hydrogens (tertiary/aromatic N) is 2. The second-order valence-electron chi connectivity index (χ2n) is 16.5. The molecular formula is C52H82N2. The predicted molar refractivity (Wildman–Crippen MR) is 239 cm³/mol. The summed E-state index contributed by atoms with van der Waals surface area (Å²) < 4.78 is 1.51. The molecule has 1 aliphatic rings. The number of aryl methyl sites for hydroxylation is 2. The molecule has 300 valence electrons. The number of allylic oxidation sites excluding steroid dienone is 4. The van der Waals surface area contributed by atoms with Crippen LogP contribution in [-0.2, 0) is 12.8 Å². The molecule has 0 amide bonds. The third-order valence-corrected chi connectivity index (χ3v) is 11.8. The normalized spacial score (nSPS) is 13.4. The van der Waals surface area contributed by atoms with Gasteiger partial charge in [-0.25, -0.2) is 4.70 Å². The van der Waals surface area contributed by atoms with Crippen LogP contribution in [0.15, 0.2) is 71.8 Å². The van der Waals surface area contributed by atoms with Gasteiger partial charge < -0.3 is 5.53 Å². The summed E-state index contributed by atoms with van der Waals surface area (Å²) >= 11 is 0. The molecule has 2 heteroatoms. The highest BCUT2D eigenvalue weighted by Gasteiger charge is 2.34. The van der Waals surface area contributed by atoms with E-state index in [4.69, 9.17) is 0 Å². The summed E-state index contributed by atoms with van der Waals surface area (Å²) in [7, 11) is 0. The van der Waals surface area contributed by atoms with Gasteiger partial charge in [-0.05, 0) is 87.6 Å². The van der Waals surface area contributed by atoms with Gasteiger partial charge in [0.05, 0.1) is 0 Å². The molecular weight excluding hydrogens is 653 g/mol. The molecule has 0 aromatic heterocycles. The second-order valence-corrected chi connectivity index (χ2v) is 16.5. The lowest BCUT2D eigenvalue weighted by Gasteiger charge is -2.13. The molecule has 0 saturated heterocycles. The number of unbranched alkanes of at least 4 members (excludes halogenated alkanes) is 23. The third kappa shape index (κ3) is 17.4. The van der Waals surface area contributed by atoms with E-state index in [1.54, 1.807) is 0 Å². The highest BCUT2D eigenvalue weighted by Crippen LogP contribution is 2.43. The van der Waals surface area contributed by atoms with E-state index in [0.29, 0.717) is 0 Å². The third-order valence-electron chi connectivity index (χ3n) is 11.8. The Morgan fingerprint density at radius 2 is 0.926 bits per heavy atom. The maximum Gasteiger partial charge on any atom is 0.211 e. The van der Waals surface area contributed by atoms with Crippen LogP contribution in [0, 0.1) is 0 Å². The quantitative estimate of drug-likeness (QED) is 0.0396. The molecule has 0 N–H and O–H groups in total. The summed E-state index contributed by atoms with van der Waals surface area (Å²) in [4.78, 5) is 0. The average Bonchev–Trinajstić information content (AvgIpc) is 3.44. The van der Waals surface area contributed by atoms with Crippen LogP contribution in [0.4, 0.5) is 0 Å². The topological polar surface area (TPSA) is 25.3 Å². The molecule has 2 aromatic carbocycles. The van der Waals surface area contributed by atoms with Gasteiger partial charge in [-0.2, -0.15) is 0 Å². The van der Waals surface area contributed by atoms with Gasteiger partial charge in [0.2, 0.25) is 11.4 Å². The van der Waals surface area contributed by atoms with Gasteiger partial charge in [-0.15, -0.1) is 0 Å². The molecule has 3 rings (SSSR count). The van der Waals surface area contributed by atoms with Crippen molar-refractivity contribution in [3.8, 4) is 0 Å². The van der Waals surface area contributed by atoms with Gasteiger partial charge in [0.1, 0.15) is 0 Å². The van der Waals surface area contributed by atoms with Gasteiger partial charge in [-0.1, -0.05) is 205 Å². The van der Waals surface area contributed by atoms with Gasteiger partial charge >= 0.3 is 0 Å². The first-order valence-corrected chi connectivity index (χ1v) is 23.4. The molecule has 2 nitrogen and oxygen atoms in total. The minimum absolute atomic E-state index is 0.963. The van der Waals surface area contributed by atoms with Crippen molar-refractivity contribution in [1.82, 2.24) is 0 Å². The lowest BCUT2D eigenvalue weighted by Crippen LogP contribution is -2.05. The maximum atomic E-state index is 11.8. The molecule has 1 heterocycles. The molecule has 0 radical (unpaired) electrons.